The lowest BCUT2D eigenvalue weighted by Gasteiger charge is -2.23. The van der Waals surface area contributed by atoms with Gasteiger partial charge in [0.25, 0.3) is 0 Å². The Kier molecular flexibility index (Phi) is 7.55. The minimum atomic E-state index is -0.734. The Hall–Kier alpha value is -3.42. The third-order valence-corrected chi connectivity index (χ3v) is 5.50. The zero-order valence-corrected chi connectivity index (χ0v) is 18.7. The van der Waals surface area contributed by atoms with E-state index in [0.717, 1.165) is 26.8 Å². The molecule has 0 saturated heterocycles. The molecular formula is C25H24ClN3O4. The molecule has 7 nitrogen and oxygen atoms in total. The predicted molar refractivity (Wildman–Crippen MR) is 127 cm³/mol. The first-order valence-corrected chi connectivity index (χ1v) is 11.0. The van der Waals surface area contributed by atoms with Crippen LogP contribution in [-0.2, 0) is 27.5 Å². The topological polar surface area (TPSA) is 80.2 Å². The quantitative estimate of drug-likeness (QED) is 0.532. The molecular weight excluding hydrogens is 442 g/mol. The molecule has 0 spiro atoms. The van der Waals surface area contributed by atoms with Crippen molar-refractivity contribution in [2.75, 3.05) is 13.1 Å². The fraction of sp³-hybridized carbons (Fsp3) is 0.240. The van der Waals surface area contributed by atoms with Gasteiger partial charge in [-0.05, 0) is 21.9 Å². The first kappa shape index (κ1) is 22.8. The summed E-state index contributed by atoms with van der Waals surface area (Å²) in [5, 5.41) is 9.38. The Morgan fingerprint density at radius 3 is 2.61 bits per heavy atom. The molecule has 1 aliphatic heterocycles. The largest absolute Gasteiger partial charge is 0.444 e. The van der Waals surface area contributed by atoms with E-state index < -0.39 is 18.1 Å². The molecule has 8 heteroatoms. The highest BCUT2D eigenvalue weighted by Gasteiger charge is 2.30. The molecule has 33 heavy (non-hydrogen) atoms. The van der Waals surface area contributed by atoms with Gasteiger partial charge in [0.2, 0.25) is 5.91 Å². The van der Waals surface area contributed by atoms with E-state index in [2.05, 4.69) is 10.5 Å². The van der Waals surface area contributed by atoms with Crippen LogP contribution in [0.25, 0.3) is 10.8 Å². The molecule has 0 aliphatic carbocycles. The standard InChI is InChI=1S/C25H24ClN3O4/c26-23-13-21(33-28-23)16-29(25(31)32-17-18-7-2-1-3-8-18)24(30)15-27-14-20-11-6-10-19-9-4-5-12-22(19)20/h1-12,21,27H,13-17H2. The fourth-order valence-electron chi connectivity index (χ4n) is 3.62. The van der Waals surface area contributed by atoms with Crippen molar-refractivity contribution in [2.24, 2.45) is 5.16 Å². The van der Waals surface area contributed by atoms with Gasteiger partial charge in [0.15, 0.2) is 6.10 Å². The maximum Gasteiger partial charge on any atom is 0.417 e. The van der Waals surface area contributed by atoms with Crippen LogP contribution in [0.4, 0.5) is 4.79 Å². The van der Waals surface area contributed by atoms with Crippen LogP contribution in [0.5, 0.6) is 0 Å². The highest BCUT2D eigenvalue weighted by atomic mass is 35.5. The zero-order valence-electron chi connectivity index (χ0n) is 17.9. The molecule has 2 amide bonds. The van der Waals surface area contributed by atoms with Gasteiger partial charge in [-0.15, -0.1) is 0 Å². The highest BCUT2D eigenvalue weighted by Crippen LogP contribution is 2.18. The van der Waals surface area contributed by atoms with Crippen LogP contribution in [0.1, 0.15) is 17.5 Å². The molecule has 3 aromatic carbocycles. The summed E-state index contributed by atoms with van der Waals surface area (Å²) in [4.78, 5) is 32.0. The fourth-order valence-corrected chi connectivity index (χ4v) is 3.83. The van der Waals surface area contributed by atoms with Crippen molar-refractivity contribution in [3.8, 4) is 0 Å². The van der Waals surface area contributed by atoms with Crippen molar-refractivity contribution in [3.63, 3.8) is 0 Å². The summed E-state index contributed by atoms with van der Waals surface area (Å²) >= 11 is 5.88. The Morgan fingerprint density at radius 2 is 1.82 bits per heavy atom. The monoisotopic (exact) mass is 465 g/mol. The number of nitrogens with one attached hydrogen (secondary N) is 1. The molecule has 1 unspecified atom stereocenters. The molecule has 1 aliphatic rings. The summed E-state index contributed by atoms with van der Waals surface area (Å²) in [6.45, 7) is 0.512. The lowest BCUT2D eigenvalue weighted by Crippen LogP contribution is -2.46. The van der Waals surface area contributed by atoms with E-state index in [0.29, 0.717) is 18.1 Å². The number of hydrogen-bond donors (Lipinski definition) is 1. The van der Waals surface area contributed by atoms with Crippen LogP contribution in [-0.4, -0.2) is 41.3 Å². The van der Waals surface area contributed by atoms with Gasteiger partial charge in [-0.1, -0.05) is 89.6 Å². The van der Waals surface area contributed by atoms with E-state index >= 15 is 0 Å². The molecule has 1 N–H and O–H groups in total. The van der Waals surface area contributed by atoms with Crippen LogP contribution in [0, 0.1) is 0 Å². The van der Waals surface area contributed by atoms with Crippen molar-refractivity contribution in [1.29, 1.82) is 0 Å². The van der Waals surface area contributed by atoms with Crippen molar-refractivity contribution in [3.05, 3.63) is 83.9 Å². The van der Waals surface area contributed by atoms with E-state index in [1.807, 2.05) is 72.8 Å². The minimum Gasteiger partial charge on any atom is -0.444 e. The number of oxime groups is 1. The van der Waals surface area contributed by atoms with Crippen LogP contribution in [0.2, 0.25) is 0 Å². The number of carbonyl (C=O) groups is 2. The molecule has 4 rings (SSSR count). The van der Waals surface area contributed by atoms with E-state index in [-0.39, 0.29) is 19.7 Å². The highest BCUT2D eigenvalue weighted by molar-refractivity contribution is 6.65. The molecule has 0 fully saturated rings. The lowest BCUT2D eigenvalue weighted by molar-refractivity contribution is -0.130. The van der Waals surface area contributed by atoms with Gasteiger partial charge >= 0.3 is 6.09 Å². The Balaban J connectivity index is 1.38. The number of imide groups is 1. The molecule has 0 radical (unpaired) electrons. The molecule has 3 aromatic rings. The second kappa shape index (κ2) is 10.9. The minimum absolute atomic E-state index is 0.00211. The van der Waals surface area contributed by atoms with Crippen LogP contribution in [0.15, 0.2) is 78.0 Å². The third-order valence-electron chi connectivity index (χ3n) is 5.28. The first-order chi connectivity index (χ1) is 16.1. The number of halogens is 1. The lowest BCUT2D eigenvalue weighted by atomic mass is 10.0. The Labute approximate surface area is 196 Å². The van der Waals surface area contributed by atoms with Crippen LogP contribution >= 0.6 is 11.6 Å². The number of amides is 2. The summed E-state index contributed by atoms with van der Waals surface area (Å²) in [5.74, 6) is -0.417. The summed E-state index contributed by atoms with van der Waals surface area (Å²) in [6.07, 6.45) is -0.896. The van der Waals surface area contributed by atoms with Gasteiger partial charge in [0.1, 0.15) is 11.8 Å². The average molecular weight is 466 g/mol. The van der Waals surface area contributed by atoms with E-state index in [1.165, 1.54) is 0 Å². The van der Waals surface area contributed by atoms with Gasteiger partial charge in [0.05, 0.1) is 13.1 Å². The second-order valence-electron chi connectivity index (χ2n) is 7.69. The van der Waals surface area contributed by atoms with Gasteiger partial charge < -0.3 is 14.9 Å². The molecule has 170 valence electrons. The second-order valence-corrected chi connectivity index (χ2v) is 8.12. The third kappa shape index (κ3) is 6.09. The molecule has 0 saturated carbocycles. The van der Waals surface area contributed by atoms with Gasteiger partial charge in [-0.25, -0.2) is 9.69 Å². The van der Waals surface area contributed by atoms with Crippen molar-refractivity contribution in [1.82, 2.24) is 10.2 Å². The summed E-state index contributed by atoms with van der Waals surface area (Å²) in [7, 11) is 0. The van der Waals surface area contributed by atoms with Crippen molar-refractivity contribution in [2.45, 2.75) is 25.7 Å². The molecule has 1 atom stereocenters. The Morgan fingerprint density at radius 1 is 1.06 bits per heavy atom. The smallest absolute Gasteiger partial charge is 0.417 e. The summed E-state index contributed by atoms with van der Waals surface area (Å²) in [5.41, 5.74) is 1.90. The maximum atomic E-state index is 13.0. The average Bonchev–Trinajstić information content (AvgIpc) is 3.26. The number of ether oxygens (including phenoxy) is 1. The molecule has 1 heterocycles. The SMILES string of the molecule is O=C(CNCc1cccc2ccccc12)N(CC1CC(Cl)=NO1)C(=O)OCc1ccccc1. The summed E-state index contributed by atoms with van der Waals surface area (Å²) in [6, 6.07) is 23.4. The number of hydrogen-bond acceptors (Lipinski definition) is 6. The molecule has 0 aromatic heterocycles. The van der Waals surface area contributed by atoms with Crippen molar-refractivity contribution < 1.29 is 19.2 Å². The normalized spacial score (nSPS) is 15.1. The van der Waals surface area contributed by atoms with E-state index in [9.17, 15) is 9.59 Å². The number of benzene rings is 3. The molecule has 0 bridgehead atoms. The number of fused-ring (bicyclic) bond motifs is 1. The maximum absolute atomic E-state index is 13.0. The van der Waals surface area contributed by atoms with Gasteiger partial charge in [-0.2, -0.15) is 0 Å². The van der Waals surface area contributed by atoms with Gasteiger partial charge in [0, 0.05) is 13.0 Å². The van der Waals surface area contributed by atoms with E-state index in [4.69, 9.17) is 21.2 Å². The first-order valence-electron chi connectivity index (χ1n) is 10.7. The number of carbonyl (C=O) groups excluding carboxylic acids is 2. The zero-order chi connectivity index (χ0) is 23.0. The predicted octanol–water partition coefficient (Wildman–Crippen LogP) is 4.44. The van der Waals surface area contributed by atoms with Crippen molar-refractivity contribution >= 4 is 39.5 Å². The number of rotatable bonds is 8. The Bertz CT molecular complexity index is 1150. The van der Waals surface area contributed by atoms with Crippen LogP contribution in [0.3, 0.4) is 0 Å². The number of nitrogens with zero attached hydrogens (tertiary/aromatic N) is 2. The van der Waals surface area contributed by atoms with Gasteiger partial charge in [-0.3, -0.25) is 4.79 Å². The summed E-state index contributed by atoms with van der Waals surface area (Å²) < 4.78 is 5.38. The van der Waals surface area contributed by atoms with Crippen LogP contribution < -0.4 is 5.32 Å². The van der Waals surface area contributed by atoms with E-state index in [1.54, 1.807) is 0 Å².